The van der Waals surface area contributed by atoms with Crippen molar-refractivity contribution in [2.24, 2.45) is 0 Å². The highest BCUT2D eigenvalue weighted by Gasteiger charge is 2.38. The zero-order chi connectivity index (χ0) is 21.8. The highest BCUT2D eigenvalue weighted by Crippen LogP contribution is 2.46. The summed E-state index contributed by atoms with van der Waals surface area (Å²) in [4.78, 5) is 38.4. The predicted molar refractivity (Wildman–Crippen MR) is 117 cm³/mol. The number of carbonyl (C=O) groups is 3. The summed E-state index contributed by atoms with van der Waals surface area (Å²) in [7, 11) is 0. The van der Waals surface area contributed by atoms with Crippen LogP contribution in [0.1, 0.15) is 47.0 Å². The summed E-state index contributed by atoms with van der Waals surface area (Å²) in [5, 5.41) is 6.33. The van der Waals surface area contributed by atoms with E-state index >= 15 is 0 Å². The smallest absolute Gasteiger partial charge is 0.341 e. The van der Waals surface area contributed by atoms with Crippen molar-refractivity contribution < 1.29 is 23.9 Å². The van der Waals surface area contributed by atoms with E-state index in [9.17, 15) is 14.4 Å². The molecule has 3 rings (SSSR count). The molecule has 0 unspecified atom stereocenters. The lowest BCUT2D eigenvalue weighted by molar-refractivity contribution is -0.144. The molecule has 2 N–H and O–H groups in total. The number of nitrogens with one attached hydrogen (secondary N) is 2. The normalized spacial score (nSPS) is 14.7. The molecule has 1 atom stereocenters. The first-order valence-electron chi connectivity index (χ1n) is 9.38. The monoisotopic (exact) mass is 470 g/mol. The quantitative estimate of drug-likeness (QED) is 0.545. The third kappa shape index (κ3) is 4.71. The van der Waals surface area contributed by atoms with Crippen LogP contribution >= 0.6 is 34.5 Å². The number of amides is 2. The van der Waals surface area contributed by atoms with Gasteiger partial charge in [-0.3, -0.25) is 10.1 Å². The Morgan fingerprint density at radius 2 is 1.83 bits per heavy atom. The number of hydrogen-bond acceptors (Lipinski definition) is 6. The van der Waals surface area contributed by atoms with Gasteiger partial charge in [0.1, 0.15) is 5.00 Å². The van der Waals surface area contributed by atoms with Crippen LogP contribution < -0.4 is 10.6 Å². The van der Waals surface area contributed by atoms with Crippen LogP contribution in [0.5, 0.6) is 0 Å². The van der Waals surface area contributed by atoms with Gasteiger partial charge in [0.25, 0.3) is 0 Å². The molecule has 0 aliphatic heterocycles. The van der Waals surface area contributed by atoms with Gasteiger partial charge in [0.15, 0.2) is 0 Å². The topological polar surface area (TPSA) is 93.7 Å². The number of carbonyl (C=O) groups excluding carboxylic acids is 3. The molecule has 1 aliphatic rings. The second-order valence-electron chi connectivity index (χ2n) is 6.41. The van der Waals surface area contributed by atoms with Gasteiger partial charge in [-0.05, 0) is 50.5 Å². The molecule has 0 saturated heterocycles. The van der Waals surface area contributed by atoms with Crippen molar-refractivity contribution in [3.8, 4) is 0 Å². The predicted octanol–water partition coefficient (Wildman–Crippen LogP) is 5.47. The third-order valence-corrected chi connectivity index (χ3v) is 6.41. The molecule has 0 fully saturated rings. The number of ether oxygens (including phenoxy) is 2. The van der Waals surface area contributed by atoms with E-state index in [0.717, 1.165) is 4.88 Å². The minimum absolute atomic E-state index is 0.169. The molecule has 7 nitrogen and oxygen atoms in total. The fourth-order valence-corrected chi connectivity index (χ4v) is 4.83. The minimum Gasteiger partial charge on any atom is -0.466 e. The number of benzene rings is 1. The third-order valence-electron chi connectivity index (χ3n) is 4.49. The first-order chi connectivity index (χ1) is 14.3. The van der Waals surface area contributed by atoms with Gasteiger partial charge in [0.2, 0.25) is 0 Å². The zero-order valence-electron chi connectivity index (χ0n) is 16.3. The first-order valence-corrected chi connectivity index (χ1v) is 10.9. The van der Waals surface area contributed by atoms with Crippen LogP contribution in [0.25, 0.3) is 0 Å². The van der Waals surface area contributed by atoms with Crippen molar-refractivity contribution in [2.75, 3.05) is 23.8 Å². The van der Waals surface area contributed by atoms with Gasteiger partial charge in [0.05, 0.1) is 34.7 Å². The van der Waals surface area contributed by atoms with Gasteiger partial charge < -0.3 is 14.8 Å². The maximum Gasteiger partial charge on any atom is 0.341 e. The molecule has 0 saturated carbocycles. The number of anilines is 2. The number of rotatable bonds is 6. The van der Waals surface area contributed by atoms with Crippen LogP contribution in [0.15, 0.2) is 18.2 Å². The Morgan fingerprint density at radius 1 is 1.10 bits per heavy atom. The lowest BCUT2D eigenvalue weighted by Crippen LogP contribution is -2.22. The highest BCUT2D eigenvalue weighted by molar-refractivity contribution is 7.17. The number of urea groups is 1. The molecule has 0 radical (unpaired) electrons. The van der Waals surface area contributed by atoms with Gasteiger partial charge in [0, 0.05) is 10.6 Å². The number of hydrogen-bond donors (Lipinski definition) is 2. The van der Waals surface area contributed by atoms with Crippen LogP contribution in [-0.4, -0.2) is 31.2 Å². The van der Waals surface area contributed by atoms with Crippen LogP contribution in [-0.2, 0) is 20.7 Å². The molecule has 2 aromatic rings. The average molecular weight is 471 g/mol. The summed E-state index contributed by atoms with van der Waals surface area (Å²) in [5.74, 6) is -1.52. The molecule has 2 amide bonds. The van der Waals surface area contributed by atoms with Crippen molar-refractivity contribution in [3.63, 3.8) is 0 Å². The van der Waals surface area contributed by atoms with Gasteiger partial charge in [-0.15, -0.1) is 11.3 Å². The molecular weight excluding hydrogens is 451 g/mol. The second-order valence-corrected chi connectivity index (χ2v) is 8.33. The Hall–Kier alpha value is -2.29. The van der Waals surface area contributed by atoms with Crippen molar-refractivity contribution in [1.29, 1.82) is 0 Å². The van der Waals surface area contributed by atoms with E-state index in [0.29, 0.717) is 39.1 Å². The second kappa shape index (κ2) is 9.68. The van der Waals surface area contributed by atoms with Crippen molar-refractivity contribution in [1.82, 2.24) is 0 Å². The van der Waals surface area contributed by atoms with Gasteiger partial charge >= 0.3 is 18.0 Å². The SMILES string of the molecule is CCOC(=O)c1c(NC(=O)Nc2ccc(Cl)c(Cl)c2)sc2c1[C@H](C(=O)OCC)CC2. The molecule has 1 aromatic carbocycles. The van der Waals surface area contributed by atoms with Crippen LogP contribution in [0.2, 0.25) is 10.0 Å². The molecule has 160 valence electrons. The number of halogens is 2. The maximum absolute atomic E-state index is 12.7. The van der Waals surface area contributed by atoms with Gasteiger partial charge in [-0.2, -0.15) is 0 Å². The van der Waals surface area contributed by atoms with E-state index in [-0.39, 0.29) is 24.7 Å². The maximum atomic E-state index is 12.7. The first kappa shape index (κ1) is 22.4. The fraction of sp³-hybridized carbons (Fsp3) is 0.350. The number of fused-ring (bicyclic) bond motifs is 1. The van der Waals surface area contributed by atoms with Crippen LogP contribution in [0, 0.1) is 0 Å². The van der Waals surface area contributed by atoms with E-state index in [2.05, 4.69) is 10.6 Å². The van der Waals surface area contributed by atoms with E-state index < -0.39 is 17.9 Å². The largest absolute Gasteiger partial charge is 0.466 e. The van der Waals surface area contributed by atoms with Crippen LogP contribution in [0.4, 0.5) is 15.5 Å². The molecule has 1 aliphatic carbocycles. The van der Waals surface area contributed by atoms with E-state index in [1.165, 1.54) is 17.4 Å². The summed E-state index contributed by atoms with van der Waals surface area (Å²) in [6.07, 6.45) is 1.17. The number of esters is 2. The lowest BCUT2D eigenvalue weighted by atomic mass is 9.99. The minimum atomic E-state index is -0.587. The van der Waals surface area contributed by atoms with Gasteiger partial charge in [-0.1, -0.05) is 23.2 Å². The number of aryl methyl sites for hydroxylation is 1. The Balaban J connectivity index is 1.88. The van der Waals surface area contributed by atoms with Crippen molar-refractivity contribution >= 4 is 63.2 Å². The zero-order valence-corrected chi connectivity index (χ0v) is 18.7. The lowest BCUT2D eigenvalue weighted by Gasteiger charge is -2.13. The van der Waals surface area contributed by atoms with Crippen molar-refractivity contribution in [3.05, 3.63) is 44.2 Å². The summed E-state index contributed by atoms with van der Waals surface area (Å²) in [5.41, 5.74) is 1.23. The Kier molecular flexibility index (Phi) is 7.23. The summed E-state index contributed by atoms with van der Waals surface area (Å²) < 4.78 is 10.3. The number of thiophene rings is 1. The molecule has 30 heavy (non-hydrogen) atoms. The summed E-state index contributed by atoms with van der Waals surface area (Å²) in [6, 6.07) is 4.12. The van der Waals surface area contributed by atoms with E-state index in [1.54, 1.807) is 26.0 Å². The molecule has 1 aromatic heterocycles. The molecular formula is C20H20Cl2N2O5S. The van der Waals surface area contributed by atoms with E-state index in [4.69, 9.17) is 32.7 Å². The van der Waals surface area contributed by atoms with Crippen molar-refractivity contribution in [2.45, 2.75) is 32.6 Å². The molecule has 0 spiro atoms. The highest BCUT2D eigenvalue weighted by atomic mass is 35.5. The fourth-order valence-electron chi connectivity index (χ4n) is 3.28. The standard InChI is InChI=1S/C20H20Cl2N2O5S/c1-3-28-18(25)11-6-8-14-15(11)16(19(26)29-4-2)17(30-14)24-20(27)23-10-5-7-12(21)13(22)9-10/h5,7,9,11H,3-4,6,8H2,1-2H3,(H2,23,24,27)/t11-/m1/s1. The van der Waals surface area contributed by atoms with Gasteiger partial charge in [-0.25, -0.2) is 9.59 Å². The Morgan fingerprint density at radius 3 is 2.50 bits per heavy atom. The molecule has 1 heterocycles. The Bertz CT molecular complexity index is 992. The summed E-state index contributed by atoms with van der Waals surface area (Å²) in [6.45, 7) is 3.84. The average Bonchev–Trinajstić information content (AvgIpc) is 3.23. The van der Waals surface area contributed by atoms with Crippen LogP contribution in [0.3, 0.4) is 0 Å². The summed E-state index contributed by atoms with van der Waals surface area (Å²) >= 11 is 13.1. The molecule has 10 heteroatoms. The van der Waals surface area contributed by atoms with E-state index in [1.807, 2.05) is 0 Å². The Labute approximate surface area is 187 Å². The molecule has 0 bridgehead atoms.